The first-order chi connectivity index (χ1) is 8.16. The number of benzene rings is 1. The summed E-state index contributed by atoms with van der Waals surface area (Å²) in [6.07, 6.45) is 2.68. The van der Waals surface area contributed by atoms with E-state index in [-0.39, 0.29) is 0 Å². The fraction of sp³-hybridized carbons (Fsp3) is 0.571. The van der Waals surface area contributed by atoms with E-state index in [1.54, 1.807) is 0 Å². The predicted octanol–water partition coefficient (Wildman–Crippen LogP) is 2.94. The van der Waals surface area contributed by atoms with Crippen LogP contribution in [0.25, 0.3) is 0 Å². The quantitative estimate of drug-likeness (QED) is 0.919. The molecular weight excluding hydrogens is 276 g/mol. The minimum Gasteiger partial charge on any atom is -0.311 e. The van der Waals surface area contributed by atoms with Gasteiger partial charge < -0.3 is 10.2 Å². The van der Waals surface area contributed by atoms with Crippen molar-refractivity contribution >= 4 is 15.9 Å². The number of halogens is 1. The Bertz CT molecular complexity index is 378. The van der Waals surface area contributed by atoms with Crippen molar-refractivity contribution in [2.24, 2.45) is 0 Å². The highest BCUT2D eigenvalue weighted by Crippen LogP contribution is 2.17. The molecule has 1 aromatic rings. The molecule has 1 N–H and O–H groups in total. The molecule has 0 spiro atoms. The Hall–Kier alpha value is -0.380. The summed E-state index contributed by atoms with van der Waals surface area (Å²) < 4.78 is 1.19. The van der Waals surface area contributed by atoms with E-state index in [1.165, 1.54) is 35.0 Å². The van der Waals surface area contributed by atoms with Crippen LogP contribution < -0.4 is 5.32 Å². The number of likely N-dealkylation sites (N-methyl/N-ethyl adjacent to an activating group) is 1. The average molecular weight is 297 g/mol. The summed E-state index contributed by atoms with van der Waals surface area (Å²) in [6.45, 7) is 5.46. The summed E-state index contributed by atoms with van der Waals surface area (Å²) in [5, 5.41) is 3.56. The van der Waals surface area contributed by atoms with Crippen LogP contribution >= 0.6 is 15.9 Å². The lowest BCUT2D eigenvalue weighted by atomic mass is 10.1. The van der Waals surface area contributed by atoms with E-state index < -0.39 is 0 Å². The molecule has 0 saturated carbocycles. The second-order valence-corrected chi connectivity index (χ2v) is 5.85. The number of hydrogen-bond acceptors (Lipinski definition) is 2. The number of likely N-dealkylation sites (tertiary alicyclic amines) is 1. The Kier molecular flexibility index (Phi) is 4.60. The molecule has 17 heavy (non-hydrogen) atoms. The van der Waals surface area contributed by atoms with Gasteiger partial charge in [0, 0.05) is 23.6 Å². The fourth-order valence-corrected chi connectivity index (χ4v) is 2.68. The van der Waals surface area contributed by atoms with Crippen molar-refractivity contribution in [3.05, 3.63) is 33.8 Å². The van der Waals surface area contributed by atoms with Gasteiger partial charge in [0.25, 0.3) is 0 Å². The minimum absolute atomic E-state index is 0.728. The van der Waals surface area contributed by atoms with Crippen molar-refractivity contribution in [1.29, 1.82) is 0 Å². The number of nitrogens with one attached hydrogen (secondary N) is 1. The van der Waals surface area contributed by atoms with Gasteiger partial charge in [-0.25, -0.2) is 0 Å². The molecule has 0 amide bonds. The van der Waals surface area contributed by atoms with E-state index in [0.717, 1.165) is 19.1 Å². The van der Waals surface area contributed by atoms with Gasteiger partial charge in [0.15, 0.2) is 0 Å². The van der Waals surface area contributed by atoms with E-state index in [9.17, 15) is 0 Å². The second-order valence-electron chi connectivity index (χ2n) is 4.99. The Morgan fingerprint density at radius 2 is 2.29 bits per heavy atom. The van der Waals surface area contributed by atoms with Gasteiger partial charge in [0.1, 0.15) is 0 Å². The summed E-state index contributed by atoms with van der Waals surface area (Å²) >= 11 is 3.53. The molecule has 1 unspecified atom stereocenters. The van der Waals surface area contributed by atoms with Crippen molar-refractivity contribution < 1.29 is 0 Å². The van der Waals surface area contributed by atoms with Gasteiger partial charge in [-0.15, -0.1) is 0 Å². The number of aryl methyl sites for hydroxylation is 1. The van der Waals surface area contributed by atoms with Gasteiger partial charge in [0.05, 0.1) is 0 Å². The molecule has 0 aromatic heterocycles. The molecular formula is C14H21BrN2. The molecule has 1 aromatic carbocycles. The first-order valence-electron chi connectivity index (χ1n) is 6.33. The van der Waals surface area contributed by atoms with Crippen molar-refractivity contribution in [2.45, 2.75) is 32.4 Å². The maximum absolute atomic E-state index is 3.56. The van der Waals surface area contributed by atoms with Crippen molar-refractivity contribution in [1.82, 2.24) is 10.2 Å². The van der Waals surface area contributed by atoms with E-state index >= 15 is 0 Å². The SMILES string of the molecule is Cc1cc(CNCC2CCCN2C)ccc1Br. The minimum atomic E-state index is 0.728. The molecule has 1 fully saturated rings. The maximum atomic E-state index is 3.56. The maximum Gasteiger partial charge on any atom is 0.0218 e. The zero-order chi connectivity index (χ0) is 12.3. The molecule has 2 rings (SSSR count). The van der Waals surface area contributed by atoms with Crippen LogP contribution in [0.4, 0.5) is 0 Å². The van der Waals surface area contributed by atoms with Gasteiger partial charge >= 0.3 is 0 Å². The summed E-state index contributed by atoms with van der Waals surface area (Å²) in [4.78, 5) is 2.46. The van der Waals surface area contributed by atoms with Crippen LogP contribution in [0.2, 0.25) is 0 Å². The summed E-state index contributed by atoms with van der Waals surface area (Å²) in [7, 11) is 2.23. The fourth-order valence-electron chi connectivity index (χ4n) is 2.44. The Labute approximate surface area is 113 Å². The molecule has 0 radical (unpaired) electrons. The van der Waals surface area contributed by atoms with E-state index in [0.29, 0.717) is 0 Å². The van der Waals surface area contributed by atoms with Crippen LogP contribution in [-0.2, 0) is 6.54 Å². The van der Waals surface area contributed by atoms with Crippen LogP contribution in [-0.4, -0.2) is 31.1 Å². The summed E-state index contributed by atoms with van der Waals surface area (Å²) in [5.41, 5.74) is 2.67. The van der Waals surface area contributed by atoms with Crippen molar-refractivity contribution in [3.63, 3.8) is 0 Å². The normalized spacial score (nSPS) is 21.0. The molecule has 94 valence electrons. The van der Waals surface area contributed by atoms with Crippen LogP contribution in [0, 0.1) is 6.92 Å². The number of rotatable bonds is 4. The molecule has 1 saturated heterocycles. The molecule has 3 heteroatoms. The Balaban J connectivity index is 1.79. The Morgan fingerprint density at radius 1 is 1.47 bits per heavy atom. The lowest BCUT2D eigenvalue weighted by Crippen LogP contribution is -2.35. The third kappa shape index (κ3) is 3.54. The summed E-state index contributed by atoms with van der Waals surface area (Å²) in [5.74, 6) is 0. The largest absolute Gasteiger partial charge is 0.311 e. The standard InChI is InChI=1S/C14H21BrN2/c1-11-8-12(5-6-14(11)15)9-16-10-13-4-3-7-17(13)2/h5-6,8,13,16H,3-4,7,9-10H2,1-2H3. The highest BCUT2D eigenvalue weighted by Gasteiger charge is 2.19. The van der Waals surface area contributed by atoms with Gasteiger partial charge in [-0.1, -0.05) is 28.1 Å². The third-order valence-electron chi connectivity index (χ3n) is 3.60. The van der Waals surface area contributed by atoms with E-state index in [4.69, 9.17) is 0 Å². The van der Waals surface area contributed by atoms with Gasteiger partial charge in [-0.3, -0.25) is 0 Å². The van der Waals surface area contributed by atoms with E-state index in [1.807, 2.05) is 0 Å². The van der Waals surface area contributed by atoms with Crippen molar-refractivity contribution in [3.8, 4) is 0 Å². The molecule has 1 heterocycles. The topological polar surface area (TPSA) is 15.3 Å². The second kappa shape index (κ2) is 5.98. The zero-order valence-electron chi connectivity index (χ0n) is 10.7. The van der Waals surface area contributed by atoms with Crippen molar-refractivity contribution in [2.75, 3.05) is 20.1 Å². The first kappa shape index (κ1) is 13.1. The van der Waals surface area contributed by atoms with Crippen LogP contribution in [0.1, 0.15) is 24.0 Å². The molecule has 2 nitrogen and oxygen atoms in total. The first-order valence-corrected chi connectivity index (χ1v) is 7.12. The Morgan fingerprint density at radius 3 is 2.94 bits per heavy atom. The lowest BCUT2D eigenvalue weighted by molar-refractivity contribution is 0.300. The zero-order valence-corrected chi connectivity index (χ0v) is 12.3. The van der Waals surface area contributed by atoms with Gasteiger partial charge in [0.2, 0.25) is 0 Å². The van der Waals surface area contributed by atoms with Crippen LogP contribution in [0.15, 0.2) is 22.7 Å². The molecule has 0 aliphatic carbocycles. The molecule has 1 atom stereocenters. The lowest BCUT2D eigenvalue weighted by Gasteiger charge is -2.19. The average Bonchev–Trinajstić information content (AvgIpc) is 2.70. The van der Waals surface area contributed by atoms with E-state index in [2.05, 4.69) is 58.3 Å². The summed E-state index contributed by atoms with van der Waals surface area (Å²) in [6, 6.07) is 7.29. The van der Waals surface area contributed by atoms with Gasteiger partial charge in [-0.2, -0.15) is 0 Å². The van der Waals surface area contributed by atoms with Gasteiger partial charge in [-0.05, 0) is 50.6 Å². The predicted molar refractivity (Wildman–Crippen MR) is 76.2 cm³/mol. The highest BCUT2D eigenvalue weighted by molar-refractivity contribution is 9.10. The molecule has 0 bridgehead atoms. The third-order valence-corrected chi connectivity index (χ3v) is 4.49. The number of hydrogen-bond donors (Lipinski definition) is 1. The highest BCUT2D eigenvalue weighted by atomic mass is 79.9. The monoisotopic (exact) mass is 296 g/mol. The molecule has 1 aliphatic rings. The number of nitrogens with zero attached hydrogens (tertiary/aromatic N) is 1. The molecule has 1 aliphatic heterocycles. The van der Waals surface area contributed by atoms with Crippen LogP contribution in [0.3, 0.4) is 0 Å². The van der Waals surface area contributed by atoms with Crippen LogP contribution in [0.5, 0.6) is 0 Å². The smallest absolute Gasteiger partial charge is 0.0218 e.